The summed E-state index contributed by atoms with van der Waals surface area (Å²) in [5, 5.41) is 8.92. The fraction of sp³-hybridized carbons (Fsp3) is 0.308. The summed E-state index contributed by atoms with van der Waals surface area (Å²) in [4.78, 5) is 11.3. The third-order valence-corrected chi connectivity index (χ3v) is 4.47. The second-order valence-electron chi connectivity index (χ2n) is 3.89. The largest absolute Gasteiger partial charge is 0.465 e. The maximum atomic E-state index is 12.3. The molecule has 0 atom stereocenters. The summed E-state index contributed by atoms with van der Waals surface area (Å²) in [5.41, 5.74) is 0.267. The lowest BCUT2D eigenvalue weighted by Crippen LogP contribution is -2.33. The minimum Gasteiger partial charge on any atom is -0.465 e. The van der Waals surface area contributed by atoms with Gasteiger partial charge >= 0.3 is 5.97 Å². The van der Waals surface area contributed by atoms with Gasteiger partial charge in [0, 0.05) is 13.1 Å². The molecule has 0 saturated heterocycles. The number of carbonyl (C=O) groups is 1. The molecule has 1 rings (SSSR count). The van der Waals surface area contributed by atoms with Crippen molar-refractivity contribution in [2.75, 3.05) is 26.8 Å². The Kier molecular flexibility index (Phi) is 5.87. The molecule has 0 aliphatic carbocycles. The first-order valence-corrected chi connectivity index (χ1v) is 7.31. The smallest absolute Gasteiger partial charge is 0.337 e. The van der Waals surface area contributed by atoms with Gasteiger partial charge < -0.3 is 9.84 Å². The van der Waals surface area contributed by atoms with Crippen LogP contribution in [0.5, 0.6) is 0 Å². The van der Waals surface area contributed by atoms with E-state index in [4.69, 9.17) is 5.11 Å². The maximum absolute atomic E-state index is 12.3. The van der Waals surface area contributed by atoms with Crippen molar-refractivity contribution >= 4 is 16.0 Å². The molecule has 0 aromatic heterocycles. The highest BCUT2D eigenvalue weighted by Crippen LogP contribution is 2.16. The molecule has 1 aromatic carbocycles. The van der Waals surface area contributed by atoms with E-state index in [0.29, 0.717) is 0 Å². The van der Waals surface area contributed by atoms with Crippen molar-refractivity contribution in [3.05, 3.63) is 42.5 Å². The Morgan fingerprint density at radius 1 is 1.40 bits per heavy atom. The number of aliphatic hydroxyl groups excluding tert-OH is 1. The number of nitrogens with zero attached hydrogens (tertiary/aromatic N) is 1. The van der Waals surface area contributed by atoms with E-state index < -0.39 is 16.0 Å². The Hall–Kier alpha value is -1.70. The van der Waals surface area contributed by atoms with E-state index in [2.05, 4.69) is 11.3 Å². The zero-order chi connectivity index (χ0) is 15.2. The molecule has 1 N–H and O–H groups in total. The van der Waals surface area contributed by atoms with Crippen LogP contribution < -0.4 is 0 Å². The molecule has 0 radical (unpaired) electrons. The Morgan fingerprint density at radius 2 is 2.00 bits per heavy atom. The van der Waals surface area contributed by atoms with E-state index in [1.54, 1.807) is 0 Å². The third-order valence-electron chi connectivity index (χ3n) is 2.60. The highest BCUT2D eigenvalue weighted by atomic mass is 32.2. The van der Waals surface area contributed by atoms with Crippen LogP contribution in [0.15, 0.2) is 41.8 Å². The van der Waals surface area contributed by atoms with Crippen molar-refractivity contribution in [1.82, 2.24) is 4.31 Å². The zero-order valence-corrected chi connectivity index (χ0v) is 12.0. The summed E-state index contributed by atoms with van der Waals surface area (Å²) in [6, 6.07) is 5.41. The molecule has 0 saturated carbocycles. The molecule has 110 valence electrons. The van der Waals surface area contributed by atoms with Gasteiger partial charge in [-0.1, -0.05) is 6.08 Å². The minimum absolute atomic E-state index is 0.0207. The molecule has 0 heterocycles. The first-order chi connectivity index (χ1) is 9.47. The van der Waals surface area contributed by atoms with E-state index in [1.807, 2.05) is 0 Å². The van der Waals surface area contributed by atoms with Crippen molar-refractivity contribution in [1.29, 1.82) is 0 Å². The lowest BCUT2D eigenvalue weighted by Gasteiger charge is -2.19. The van der Waals surface area contributed by atoms with Crippen LogP contribution in [0.25, 0.3) is 0 Å². The third kappa shape index (κ3) is 3.66. The zero-order valence-electron chi connectivity index (χ0n) is 11.2. The average Bonchev–Trinajstić information content (AvgIpc) is 2.46. The van der Waals surface area contributed by atoms with Gasteiger partial charge in [-0.15, -0.1) is 6.58 Å². The van der Waals surface area contributed by atoms with Gasteiger partial charge in [0.1, 0.15) is 0 Å². The first-order valence-electron chi connectivity index (χ1n) is 5.87. The second kappa shape index (κ2) is 7.18. The number of esters is 1. The summed E-state index contributed by atoms with van der Waals surface area (Å²) in [5.74, 6) is -0.535. The SMILES string of the molecule is C=CCN(CCO)S(=O)(=O)c1ccc(C(=O)OC)cc1. The van der Waals surface area contributed by atoms with Gasteiger partial charge in [0.05, 0.1) is 24.2 Å². The van der Waals surface area contributed by atoms with Gasteiger partial charge in [0.25, 0.3) is 0 Å². The van der Waals surface area contributed by atoms with E-state index in [1.165, 1.54) is 37.5 Å². The summed E-state index contributed by atoms with van der Waals surface area (Å²) in [6.45, 7) is 3.28. The van der Waals surface area contributed by atoms with Crippen LogP contribution in [0.2, 0.25) is 0 Å². The topological polar surface area (TPSA) is 83.9 Å². The maximum Gasteiger partial charge on any atom is 0.337 e. The quantitative estimate of drug-likeness (QED) is 0.590. The van der Waals surface area contributed by atoms with Gasteiger partial charge in [0.2, 0.25) is 10.0 Å². The highest BCUT2D eigenvalue weighted by Gasteiger charge is 2.23. The van der Waals surface area contributed by atoms with E-state index in [9.17, 15) is 13.2 Å². The van der Waals surface area contributed by atoms with Crippen LogP contribution in [0, 0.1) is 0 Å². The predicted molar refractivity (Wildman–Crippen MR) is 73.8 cm³/mol. The molecule has 0 bridgehead atoms. The Labute approximate surface area is 118 Å². The van der Waals surface area contributed by atoms with Crippen molar-refractivity contribution in [2.45, 2.75) is 4.90 Å². The standard InChI is InChI=1S/C13H17NO5S/c1-3-8-14(9-10-15)20(17,18)12-6-4-11(5-7-12)13(16)19-2/h3-7,15H,1,8-10H2,2H3. The number of aliphatic hydroxyl groups is 1. The number of hydrogen-bond donors (Lipinski definition) is 1. The van der Waals surface area contributed by atoms with Crippen molar-refractivity contribution in [2.24, 2.45) is 0 Å². The Morgan fingerprint density at radius 3 is 2.45 bits per heavy atom. The summed E-state index contributed by atoms with van der Waals surface area (Å²) in [6.07, 6.45) is 1.44. The van der Waals surface area contributed by atoms with Gasteiger partial charge in [-0.3, -0.25) is 0 Å². The molecule has 0 unspecified atom stereocenters. The first kappa shape index (κ1) is 16.4. The molecule has 0 aliphatic rings. The van der Waals surface area contributed by atoms with Crippen molar-refractivity contribution in [3.63, 3.8) is 0 Å². The van der Waals surface area contributed by atoms with Crippen LogP contribution >= 0.6 is 0 Å². The molecular formula is C13H17NO5S. The molecule has 20 heavy (non-hydrogen) atoms. The Bertz CT molecular complexity index is 565. The summed E-state index contributed by atoms with van der Waals surface area (Å²) in [7, 11) is -2.47. The van der Waals surface area contributed by atoms with Crippen molar-refractivity contribution < 1.29 is 23.1 Å². The molecule has 1 aromatic rings. The molecule has 7 heteroatoms. The molecule has 0 amide bonds. The normalized spacial score (nSPS) is 11.3. The van der Waals surface area contributed by atoms with Crippen LogP contribution in [-0.4, -0.2) is 50.6 Å². The van der Waals surface area contributed by atoms with E-state index in [-0.39, 0.29) is 30.2 Å². The minimum atomic E-state index is -3.72. The number of carbonyl (C=O) groups excluding carboxylic acids is 1. The molecular weight excluding hydrogens is 282 g/mol. The number of sulfonamides is 1. The van der Waals surface area contributed by atoms with E-state index >= 15 is 0 Å². The fourth-order valence-electron chi connectivity index (χ4n) is 1.60. The van der Waals surface area contributed by atoms with E-state index in [0.717, 1.165) is 4.31 Å². The number of benzene rings is 1. The number of ether oxygens (including phenoxy) is 1. The number of methoxy groups -OCH3 is 1. The van der Waals surface area contributed by atoms with Gasteiger partial charge in [-0.05, 0) is 24.3 Å². The highest BCUT2D eigenvalue weighted by molar-refractivity contribution is 7.89. The van der Waals surface area contributed by atoms with Gasteiger partial charge in [-0.25, -0.2) is 13.2 Å². The van der Waals surface area contributed by atoms with Gasteiger partial charge in [-0.2, -0.15) is 4.31 Å². The van der Waals surface area contributed by atoms with Crippen LogP contribution in [0.4, 0.5) is 0 Å². The Balaban J connectivity index is 3.08. The summed E-state index contributed by atoms with van der Waals surface area (Å²) < 4.78 is 30.3. The lowest BCUT2D eigenvalue weighted by molar-refractivity contribution is 0.0600. The summed E-state index contributed by atoms with van der Waals surface area (Å²) >= 11 is 0. The van der Waals surface area contributed by atoms with Crippen molar-refractivity contribution in [3.8, 4) is 0 Å². The molecule has 0 aliphatic heterocycles. The fourth-order valence-corrected chi connectivity index (χ4v) is 3.00. The molecule has 0 spiro atoms. The molecule has 6 nitrogen and oxygen atoms in total. The van der Waals surface area contributed by atoms with Gasteiger partial charge in [0.15, 0.2) is 0 Å². The van der Waals surface area contributed by atoms with Crippen LogP contribution in [-0.2, 0) is 14.8 Å². The lowest BCUT2D eigenvalue weighted by atomic mass is 10.2. The predicted octanol–water partition coefficient (Wildman–Crippen LogP) is 0.642. The number of hydrogen-bond acceptors (Lipinski definition) is 5. The average molecular weight is 299 g/mol. The second-order valence-corrected chi connectivity index (χ2v) is 5.83. The molecule has 0 fully saturated rings. The number of rotatable bonds is 7. The van der Waals surface area contributed by atoms with Crippen LogP contribution in [0.1, 0.15) is 10.4 Å². The van der Waals surface area contributed by atoms with Crippen LogP contribution in [0.3, 0.4) is 0 Å². The monoisotopic (exact) mass is 299 g/mol.